The third-order valence-corrected chi connectivity index (χ3v) is 2.60. The van der Waals surface area contributed by atoms with E-state index in [9.17, 15) is 4.79 Å². The summed E-state index contributed by atoms with van der Waals surface area (Å²) in [6.07, 6.45) is 6.33. The summed E-state index contributed by atoms with van der Waals surface area (Å²) in [5, 5.41) is 0. The quantitative estimate of drug-likeness (QED) is 0.576. The monoisotopic (exact) mass is 241 g/mol. The first-order valence-corrected chi connectivity index (χ1v) is 5.95. The molecule has 0 atom stereocenters. The van der Waals surface area contributed by atoms with Crippen molar-refractivity contribution in [2.24, 2.45) is 0 Å². The zero-order chi connectivity index (χ0) is 12.6. The number of carbonyl (C=O) groups is 1. The van der Waals surface area contributed by atoms with Gasteiger partial charge in [0.1, 0.15) is 12.0 Å². The SMILES string of the molecule is O=Cc1cccc(OCCCc2cccnc2)c1. The molecule has 92 valence electrons. The summed E-state index contributed by atoms with van der Waals surface area (Å²) in [6.45, 7) is 0.636. The van der Waals surface area contributed by atoms with E-state index in [0.717, 1.165) is 24.9 Å². The second kappa shape index (κ2) is 6.55. The van der Waals surface area contributed by atoms with Crippen LogP contribution in [0.25, 0.3) is 0 Å². The van der Waals surface area contributed by atoms with E-state index in [1.165, 1.54) is 5.56 Å². The molecule has 0 aliphatic rings. The second-order valence-corrected chi connectivity index (χ2v) is 4.00. The van der Waals surface area contributed by atoms with Gasteiger partial charge in [-0.2, -0.15) is 0 Å². The normalized spacial score (nSPS) is 10.0. The van der Waals surface area contributed by atoms with E-state index < -0.39 is 0 Å². The lowest BCUT2D eigenvalue weighted by molar-refractivity contribution is 0.112. The van der Waals surface area contributed by atoms with Crippen molar-refractivity contribution in [3.63, 3.8) is 0 Å². The number of hydrogen-bond donors (Lipinski definition) is 0. The van der Waals surface area contributed by atoms with Crippen molar-refractivity contribution in [3.8, 4) is 5.75 Å². The zero-order valence-electron chi connectivity index (χ0n) is 10.1. The Morgan fingerprint density at radius 2 is 2.17 bits per heavy atom. The lowest BCUT2D eigenvalue weighted by Crippen LogP contribution is -1.99. The number of pyridine rings is 1. The molecule has 1 aromatic carbocycles. The highest BCUT2D eigenvalue weighted by atomic mass is 16.5. The standard InChI is InChI=1S/C15H15NO2/c17-12-14-4-1-7-15(10-14)18-9-3-6-13-5-2-8-16-11-13/h1-2,4-5,7-8,10-12H,3,6,9H2. The summed E-state index contributed by atoms with van der Waals surface area (Å²) in [5.74, 6) is 0.741. The van der Waals surface area contributed by atoms with Crippen LogP contribution >= 0.6 is 0 Å². The predicted octanol–water partition coefficient (Wildman–Crippen LogP) is 2.91. The van der Waals surface area contributed by atoms with Crippen molar-refractivity contribution in [2.75, 3.05) is 6.61 Å². The lowest BCUT2D eigenvalue weighted by atomic mass is 10.2. The van der Waals surface area contributed by atoms with Gasteiger partial charge in [-0.25, -0.2) is 0 Å². The Morgan fingerprint density at radius 3 is 2.94 bits per heavy atom. The van der Waals surface area contributed by atoms with Gasteiger partial charge in [-0.05, 0) is 36.6 Å². The van der Waals surface area contributed by atoms with Gasteiger partial charge in [-0.3, -0.25) is 9.78 Å². The van der Waals surface area contributed by atoms with Crippen molar-refractivity contribution in [3.05, 3.63) is 59.9 Å². The van der Waals surface area contributed by atoms with Crippen LogP contribution in [-0.2, 0) is 6.42 Å². The number of ether oxygens (including phenoxy) is 1. The molecule has 2 aromatic rings. The van der Waals surface area contributed by atoms with Crippen LogP contribution in [0.3, 0.4) is 0 Å². The van der Waals surface area contributed by atoms with Gasteiger partial charge in [0.15, 0.2) is 0 Å². The number of nitrogens with zero attached hydrogens (tertiary/aromatic N) is 1. The van der Waals surface area contributed by atoms with Crippen LogP contribution in [0, 0.1) is 0 Å². The number of aldehydes is 1. The molecule has 0 spiro atoms. The Morgan fingerprint density at radius 1 is 1.22 bits per heavy atom. The molecule has 0 bridgehead atoms. The molecule has 0 aliphatic carbocycles. The van der Waals surface area contributed by atoms with Gasteiger partial charge in [-0.15, -0.1) is 0 Å². The zero-order valence-corrected chi connectivity index (χ0v) is 10.1. The number of carbonyl (C=O) groups excluding carboxylic acids is 1. The van der Waals surface area contributed by atoms with E-state index in [0.29, 0.717) is 12.2 Å². The topological polar surface area (TPSA) is 39.2 Å². The summed E-state index contributed by atoms with van der Waals surface area (Å²) >= 11 is 0. The number of benzene rings is 1. The summed E-state index contributed by atoms with van der Waals surface area (Å²) < 4.78 is 5.59. The molecule has 2 rings (SSSR count). The fourth-order valence-electron chi connectivity index (χ4n) is 1.69. The van der Waals surface area contributed by atoms with Gasteiger partial charge in [0.05, 0.1) is 6.61 Å². The van der Waals surface area contributed by atoms with Gasteiger partial charge in [0.25, 0.3) is 0 Å². The molecule has 0 saturated heterocycles. The summed E-state index contributed by atoms with van der Waals surface area (Å²) in [6, 6.07) is 11.2. The Kier molecular flexibility index (Phi) is 4.47. The van der Waals surface area contributed by atoms with Gasteiger partial charge >= 0.3 is 0 Å². The smallest absolute Gasteiger partial charge is 0.150 e. The van der Waals surface area contributed by atoms with Crippen LogP contribution in [0.4, 0.5) is 0 Å². The first-order chi connectivity index (χ1) is 8.88. The molecule has 0 aliphatic heterocycles. The van der Waals surface area contributed by atoms with Crippen LogP contribution in [0.5, 0.6) is 5.75 Å². The highest BCUT2D eigenvalue weighted by Crippen LogP contribution is 2.12. The minimum Gasteiger partial charge on any atom is -0.494 e. The fraction of sp³-hybridized carbons (Fsp3) is 0.200. The molecule has 0 amide bonds. The van der Waals surface area contributed by atoms with Crippen molar-refractivity contribution in [1.82, 2.24) is 4.98 Å². The maximum atomic E-state index is 10.6. The average Bonchev–Trinajstić information content (AvgIpc) is 2.45. The predicted molar refractivity (Wildman–Crippen MR) is 69.9 cm³/mol. The van der Waals surface area contributed by atoms with E-state index in [1.807, 2.05) is 24.4 Å². The van der Waals surface area contributed by atoms with Crippen LogP contribution in [-0.4, -0.2) is 17.9 Å². The Bertz CT molecular complexity index is 497. The molecular weight excluding hydrogens is 226 g/mol. The van der Waals surface area contributed by atoms with E-state index >= 15 is 0 Å². The maximum absolute atomic E-state index is 10.6. The highest BCUT2D eigenvalue weighted by molar-refractivity contribution is 5.75. The first kappa shape index (κ1) is 12.3. The first-order valence-electron chi connectivity index (χ1n) is 5.95. The van der Waals surface area contributed by atoms with E-state index in [2.05, 4.69) is 11.1 Å². The lowest BCUT2D eigenvalue weighted by Gasteiger charge is -2.06. The number of aryl methyl sites for hydroxylation is 1. The number of rotatable bonds is 6. The minimum absolute atomic E-state index is 0.636. The number of hydrogen-bond acceptors (Lipinski definition) is 3. The van der Waals surface area contributed by atoms with E-state index in [4.69, 9.17) is 4.74 Å². The van der Waals surface area contributed by atoms with Crippen LogP contribution in [0.15, 0.2) is 48.8 Å². The van der Waals surface area contributed by atoms with E-state index in [1.54, 1.807) is 18.3 Å². The van der Waals surface area contributed by atoms with E-state index in [-0.39, 0.29) is 0 Å². The molecule has 3 heteroatoms. The van der Waals surface area contributed by atoms with Crippen LogP contribution in [0.2, 0.25) is 0 Å². The van der Waals surface area contributed by atoms with Crippen molar-refractivity contribution in [2.45, 2.75) is 12.8 Å². The largest absolute Gasteiger partial charge is 0.494 e. The summed E-state index contributed by atoms with van der Waals surface area (Å²) in [4.78, 5) is 14.7. The molecule has 1 aromatic heterocycles. The average molecular weight is 241 g/mol. The third-order valence-electron chi connectivity index (χ3n) is 2.60. The van der Waals surface area contributed by atoms with Gasteiger partial charge in [0, 0.05) is 18.0 Å². The fourth-order valence-corrected chi connectivity index (χ4v) is 1.69. The van der Waals surface area contributed by atoms with Crippen molar-refractivity contribution < 1.29 is 9.53 Å². The second-order valence-electron chi connectivity index (χ2n) is 4.00. The Balaban J connectivity index is 1.76. The number of aromatic nitrogens is 1. The molecule has 0 saturated carbocycles. The molecule has 0 fully saturated rings. The van der Waals surface area contributed by atoms with Crippen molar-refractivity contribution in [1.29, 1.82) is 0 Å². The van der Waals surface area contributed by atoms with Gasteiger partial charge in [0.2, 0.25) is 0 Å². The molecular formula is C15H15NO2. The third kappa shape index (κ3) is 3.70. The maximum Gasteiger partial charge on any atom is 0.150 e. The van der Waals surface area contributed by atoms with Gasteiger partial charge < -0.3 is 4.74 Å². The molecule has 0 N–H and O–H groups in total. The molecule has 1 heterocycles. The summed E-state index contributed by atoms with van der Waals surface area (Å²) in [5.41, 5.74) is 1.85. The van der Waals surface area contributed by atoms with Crippen molar-refractivity contribution >= 4 is 6.29 Å². The highest BCUT2D eigenvalue weighted by Gasteiger charge is 1.97. The van der Waals surface area contributed by atoms with Crippen LogP contribution < -0.4 is 4.74 Å². The Labute approximate surface area is 106 Å². The minimum atomic E-state index is 0.636. The van der Waals surface area contributed by atoms with Crippen LogP contribution in [0.1, 0.15) is 22.3 Å². The molecule has 3 nitrogen and oxygen atoms in total. The summed E-state index contributed by atoms with van der Waals surface area (Å²) in [7, 11) is 0. The molecule has 18 heavy (non-hydrogen) atoms. The Hall–Kier alpha value is -2.16. The molecule has 0 radical (unpaired) electrons. The molecule has 0 unspecified atom stereocenters. The van der Waals surface area contributed by atoms with Gasteiger partial charge in [-0.1, -0.05) is 18.2 Å².